The van der Waals surface area contributed by atoms with Crippen molar-refractivity contribution in [2.45, 2.75) is 11.8 Å². The van der Waals surface area contributed by atoms with Gasteiger partial charge in [0.15, 0.2) is 5.11 Å². The minimum absolute atomic E-state index is 0.0346. The molecule has 0 unspecified atom stereocenters. The van der Waals surface area contributed by atoms with Crippen molar-refractivity contribution in [3.8, 4) is 11.1 Å². The molecule has 1 heterocycles. The SMILES string of the molecule is COC(=O)c1c(NC(=S)Nc2ccc(S(=O)(=O)Nc3cc(Cl)cc(Cl)c3)cc2)sc(C)c1-c1ccccc1. The number of aryl methyl sites for hydroxylation is 1. The van der Waals surface area contributed by atoms with Crippen LogP contribution >= 0.6 is 46.8 Å². The van der Waals surface area contributed by atoms with Crippen LogP contribution in [-0.4, -0.2) is 26.6 Å². The Bertz CT molecular complexity index is 1590. The first-order chi connectivity index (χ1) is 18.1. The number of rotatable bonds is 7. The van der Waals surface area contributed by atoms with Gasteiger partial charge < -0.3 is 15.4 Å². The molecule has 0 atom stereocenters. The van der Waals surface area contributed by atoms with E-state index in [2.05, 4.69) is 15.4 Å². The molecular formula is C26H21Cl2N3O4S3. The fraction of sp³-hybridized carbons (Fsp3) is 0.0769. The molecule has 0 spiro atoms. The standard InChI is InChI=1S/C26H21Cl2N3O4S3/c1-15-22(16-6-4-3-5-7-16)23(25(32)35-2)24(37-15)30-26(36)29-19-8-10-21(11-9-19)38(33,34)31-20-13-17(27)12-18(28)14-20/h3-14,31H,1-2H3,(H2,29,30,36). The predicted octanol–water partition coefficient (Wildman–Crippen LogP) is 7.43. The van der Waals surface area contributed by atoms with Crippen LogP contribution in [0.25, 0.3) is 11.1 Å². The Morgan fingerprint density at radius 1 is 0.921 bits per heavy atom. The van der Waals surface area contributed by atoms with Gasteiger partial charge in [-0.25, -0.2) is 13.2 Å². The predicted molar refractivity (Wildman–Crippen MR) is 159 cm³/mol. The Balaban J connectivity index is 1.50. The maximum Gasteiger partial charge on any atom is 0.341 e. The third-order valence-electron chi connectivity index (χ3n) is 5.30. The third kappa shape index (κ3) is 6.46. The minimum atomic E-state index is -3.88. The van der Waals surface area contributed by atoms with E-state index in [1.54, 1.807) is 12.1 Å². The van der Waals surface area contributed by atoms with E-state index in [0.717, 1.165) is 16.0 Å². The highest BCUT2D eigenvalue weighted by atomic mass is 35.5. The molecule has 3 N–H and O–H groups in total. The number of thiophene rings is 1. The molecule has 0 aliphatic heterocycles. The van der Waals surface area contributed by atoms with Gasteiger partial charge in [-0.3, -0.25) is 4.72 Å². The van der Waals surface area contributed by atoms with Crippen molar-refractivity contribution in [3.05, 3.63) is 93.3 Å². The number of benzene rings is 3. The van der Waals surface area contributed by atoms with Crippen molar-refractivity contribution in [1.29, 1.82) is 0 Å². The Morgan fingerprint density at radius 2 is 1.55 bits per heavy atom. The fourth-order valence-electron chi connectivity index (χ4n) is 3.69. The third-order valence-corrected chi connectivity index (χ3v) is 8.36. The molecule has 4 rings (SSSR count). The summed E-state index contributed by atoms with van der Waals surface area (Å²) in [5, 5.41) is 7.46. The number of carbonyl (C=O) groups excluding carboxylic acids is 1. The van der Waals surface area contributed by atoms with Crippen LogP contribution in [0.3, 0.4) is 0 Å². The minimum Gasteiger partial charge on any atom is -0.465 e. The van der Waals surface area contributed by atoms with Crippen LogP contribution in [0.4, 0.5) is 16.4 Å². The van der Waals surface area contributed by atoms with Crippen LogP contribution in [0.5, 0.6) is 0 Å². The van der Waals surface area contributed by atoms with E-state index in [4.69, 9.17) is 40.2 Å². The van der Waals surface area contributed by atoms with E-state index in [1.807, 2.05) is 37.3 Å². The fourth-order valence-corrected chi connectivity index (χ4v) is 6.61. The zero-order valence-corrected chi connectivity index (χ0v) is 24.0. The highest BCUT2D eigenvalue weighted by Gasteiger charge is 2.24. The van der Waals surface area contributed by atoms with Gasteiger partial charge >= 0.3 is 5.97 Å². The summed E-state index contributed by atoms with van der Waals surface area (Å²) in [6.45, 7) is 1.92. The molecule has 4 aromatic rings. The van der Waals surface area contributed by atoms with Crippen LogP contribution < -0.4 is 15.4 Å². The van der Waals surface area contributed by atoms with Gasteiger partial charge in [0.1, 0.15) is 10.6 Å². The molecule has 0 fully saturated rings. The summed E-state index contributed by atoms with van der Waals surface area (Å²) in [7, 11) is -2.55. The molecule has 3 aromatic carbocycles. The molecule has 7 nitrogen and oxygen atoms in total. The number of hydrogen-bond acceptors (Lipinski definition) is 6. The molecule has 0 aliphatic carbocycles. The van der Waals surface area contributed by atoms with Gasteiger partial charge in [-0.1, -0.05) is 53.5 Å². The number of carbonyl (C=O) groups is 1. The first-order valence-electron chi connectivity index (χ1n) is 11.0. The van der Waals surface area contributed by atoms with E-state index in [9.17, 15) is 13.2 Å². The summed E-state index contributed by atoms with van der Waals surface area (Å²) < 4.78 is 33.1. The van der Waals surface area contributed by atoms with Gasteiger partial charge in [0.05, 0.1) is 17.7 Å². The Kier molecular flexibility index (Phi) is 8.59. The number of esters is 1. The molecule has 0 aliphatic rings. The Labute approximate surface area is 239 Å². The number of nitrogens with one attached hydrogen (secondary N) is 3. The van der Waals surface area contributed by atoms with Crippen molar-refractivity contribution in [3.63, 3.8) is 0 Å². The summed E-state index contributed by atoms with van der Waals surface area (Å²) in [4.78, 5) is 13.6. The molecule has 12 heteroatoms. The molecule has 196 valence electrons. The lowest BCUT2D eigenvalue weighted by Gasteiger charge is -2.12. The average molecular weight is 607 g/mol. The van der Waals surface area contributed by atoms with E-state index >= 15 is 0 Å². The molecule has 1 aromatic heterocycles. The number of anilines is 3. The molecule has 0 saturated heterocycles. The topological polar surface area (TPSA) is 96.5 Å². The van der Waals surface area contributed by atoms with Gasteiger partial charge in [0.25, 0.3) is 10.0 Å². The molecule has 0 bridgehead atoms. The summed E-state index contributed by atoms with van der Waals surface area (Å²) in [5.74, 6) is -0.485. The summed E-state index contributed by atoms with van der Waals surface area (Å²) >= 11 is 18.8. The van der Waals surface area contributed by atoms with Crippen molar-refractivity contribution in [2.24, 2.45) is 0 Å². The van der Waals surface area contributed by atoms with E-state index < -0.39 is 16.0 Å². The summed E-state index contributed by atoms with van der Waals surface area (Å²) in [6, 6.07) is 20.0. The van der Waals surface area contributed by atoms with E-state index in [1.165, 1.54) is 48.8 Å². The quantitative estimate of drug-likeness (QED) is 0.149. The van der Waals surface area contributed by atoms with Crippen molar-refractivity contribution < 1.29 is 17.9 Å². The molecule has 38 heavy (non-hydrogen) atoms. The number of halogens is 2. The maximum absolute atomic E-state index is 12.8. The van der Waals surface area contributed by atoms with Crippen LogP contribution in [0.15, 0.2) is 77.7 Å². The van der Waals surface area contributed by atoms with Crippen molar-refractivity contribution in [1.82, 2.24) is 0 Å². The van der Waals surface area contributed by atoms with Crippen LogP contribution in [0.1, 0.15) is 15.2 Å². The second-order valence-corrected chi connectivity index (χ2v) is 12.2. The Morgan fingerprint density at radius 3 is 2.16 bits per heavy atom. The van der Waals surface area contributed by atoms with E-state index in [-0.39, 0.29) is 15.7 Å². The summed E-state index contributed by atoms with van der Waals surface area (Å²) in [6.07, 6.45) is 0. The first-order valence-corrected chi connectivity index (χ1v) is 14.5. The average Bonchev–Trinajstić information content (AvgIpc) is 3.18. The maximum atomic E-state index is 12.8. The zero-order valence-electron chi connectivity index (χ0n) is 20.0. The van der Waals surface area contributed by atoms with Crippen molar-refractivity contribution >= 4 is 84.2 Å². The van der Waals surface area contributed by atoms with Gasteiger partial charge in [-0.05, 0) is 67.2 Å². The number of methoxy groups -OCH3 is 1. The zero-order chi connectivity index (χ0) is 27.4. The monoisotopic (exact) mass is 605 g/mol. The van der Waals surface area contributed by atoms with Crippen LogP contribution in [0, 0.1) is 6.92 Å². The first kappa shape index (κ1) is 27.9. The Hall–Kier alpha value is -3.15. The second kappa shape index (κ2) is 11.7. The second-order valence-electron chi connectivity index (χ2n) is 7.96. The lowest BCUT2D eigenvalue weighted by molar-refractivity contribution is 0.0603. The largest absolute Gasteiger partial charge is 0.465 e. The molecular weight excluding hydrogens is 585 g/mol. The number of thiocarbonyl (C=S) groups is 1. The molecule has 0 saturated carbocycles. The highest BCUT2D eigenvalue weighted by molar-refractivity contribution is 7.92. The highest BCUT2D eigenvalue weighted by Crippen LogP contribution is 2.40. The van der Waals surface area contributed by atoms with Crippen LogP contribution in [-0.2, 0) is 14.8 Å². The number of hydrogen-bond donors (Lipinski definition) is 3. The number of sulfonamides is 1. The van der Waals surface area contributed by atoms with Crippen LogP contribution in [0.2, 0.25) is 10.0 Å². The van der Waals surface area contributed by atoms with Gasteiger partial charge in [-0.2, -0.15) is 0 Å². The van der Waals surface area contributed by atoms with E-state index in [0.29, 0.717) is 26.3 Å². The molecule has 0 amide bonds. The smallest absolute Gasteiger partial charge is 0.341 e. The van der Waals surface area contributed by atoms with Gasteiger partial charge in [0, 0.05) is 26.2 Å². The lowest BCUT2D eigenvalue weighted by Crippen LogP contribution is -2.20. The lowest BCUT2D eigenvalue weighted by atomic mass is 10.0. The molecule has 0 radical (unpaired) electrons. The number of ether oxygens (including phenoxy) is 1. The van der Waals surface area contributed by atoms with Crippen molar-refractivity contribution in [2.75, 3.05) is 22.5 Å². The van der Waals surface area contributed by atoms with Gasteiger partial charge in [0.2, 0.25) is 0 Å². The summed E-state index contributed by atoms with van der Waals surface area (Å²) in [5.41, 5.74) is 2.84. The normalized spacial score (nSPS) is 11.1. The van der Waals surface area contributed by atoms with Gasteiger partial charge in [-0.15, -0.1) is 11.3 Å².